The lowest BCUT2D eigenvalue weighted by atomic mass is 9.99. The van der Waals surface area contributed by atoms with Crippen LogP contribution in [0.3, 0.4) is 0 Å². The molecule has 0 aromatic rings. The van der Waals surface area contributed by atoms with Crippen LogP contribution in [0.5, 0.6) is 0 Å². The molecule has 0 saturated heterocycles. The van der Waals surface area contributed by atoms with E-state index in [0.29, 0.717) is 12.8 Å². The Labute approximate surface area is 123 Å². The highest BCUT2D eigenvalue weighted by Gasteiger charge is 2.38. The smallest absolute Gasteiger partial charge is 0.352 e. The zero-order chi connectivity index (χ0) is 16.2. The summed E-state index contributed by atoms with van der Waals surface area (Å²) in [5.41, 5.74) is 5.74. The topological polar surface area (TPSA) is 125 Å². The number of carboxylic acid groups (broad SMARTS) is 1. The molecular formula is C13H22N4O4. The summed E-state index contributed by atoms with van der Waals surface area (Å²) in [6.07, 6.45) is 0.378. The van der Waals surface area contributed by atoms with Crippen LogP contribution in [0.25, 0.3) is 0 Å². The fourth-order valence-corrected chi connectivity index (χ4v) is 2.27. The lowest BCUT2D eigenvalue weighted by Crippen LogP contribution is -2.61. The standard InChI is InChI=1S/C13H22N4O4/c1-4-8(5-2)12(19)17-11(15-7(3)18)9(14)6-10(16-17)13(20)21/h8-9,11H,4-6,14H2,1-3H3,(H,15,18)(H,20,21)/t9-,11+/m1/s1. The number of hydrogen-bond acceptors (Lipinski definition) is 5. The second-order valence-electron chi connectivity index (χ2n) is 5.06. The molecule has 2 atom stereocenters. The predicted molar refractivity (Wildman–Crippen MR) is 76.2 cm³/mol. The summed E-state index contributed by atoms with van der Waals surface area (Å²) in [5, 5.41) is 16.5. The quantitative estimate of drug-likeness (QED) is 0.652. The minimum Gasteiger partial charge on any atom is -0.477 e. The van der Waals surface area contributed by atoms with Crippen molar-refractivity contribution in [3.05, 3.63) is 0 Å². The molecule has 1 aliphatic rings. The number of rotatable bonds is 5. The van der Waals surface area contributed by atoms with Crippen molar-refractivity contribution in [1.29, 1.82) is 0 Å². The van der Waals surface area contributed by atoms with E-state index in [0.717, 1.165) is 5.01 Å². The van der Waals surface area contributed by atoms with E-state index in [4.69, 9.17) is 10.8 Å². The van der Waals surface area contributed by atoms with Gasteiger partial charge in [0.1, 0.15) is 11.9 Å². The van der Waals surface area contributed by atoms with E-state index in [2.05, 4.69) is 10.4 Å². The van der Waals surface area contributed by atoms with Crippen molar-refractivity contribution in [3.8, 4) is 0 Å². The van der Waals surface area contributed by atoms with Crippen LogP contribution in [-0.4, -0.2) is 45.8 Å². The fourth-order valence-electron chi connectivity index (χ4n) is 2.27. The van der Waals surface area contributed by atoms with Crippen LogP contribution < -0.4 is 11.1 Å². The molecule has 1 heterocycles. The Hall–Kier alpha value is -1.96. The van der Waals surface area contributed by atoms with Gasteiger partial charge in [-0.3, -0.25) is 9.59 Å². The maximum absolute atomic E-state index is 12.5. The molecule has 1 rings (SSSR count). The first-order valence-corrected chi connectivity index (χ1v) is 6.98. The van der Waals surface area contributed by atoms with Gasteiger partial charge in [-0.15, -0.1) is 0 Å². The Morgan fingerprint density at radius 2 is 2.00 bits per heavy atom. The average Bonchev–Trinajstić information content (AvgIpc) is 2.41. The minimum atomic E-state index is -1.21. The van der Waals surface area contributed by atoms with Crippen LogP contribution in [0.1, 0.15) is 40.0 Å². The van der Waals surface area contributed by atoms with Crippen molar-refractivity contribution >= 4 is 23.5 Å². The van der Waals surface area contributed by atoms with Crippen LogP contribution in [0.2, 0.25) is 0 Å². The van der Waals surface area contributed by atoms with E-state index >= 15 is 0 Å². The Balaban J connectivity index is 3.14. The zero-order valence-corrected chi connectivity index (χ0v) is 12.5. The van der Waals surface area contributed by atoms with Crippen molar-refractivity contribution in [2.45, 2.75) is 52.2 Å². The summed E-state index contributed by atoms with van der Waals surface area (Å²) in [5.74, 6) is -2.18. The normalized spacial score (nSPS) is 22.0. The monoisotopic (exact) mass is 298 g/mol. The van der Waals surface area contributed by atoms with E-state index in [-0.39, 0.29) is 29.9 Å². The molecule has 0 bridgehead atoms. The molecule has 0 unspecified atom stereocenters. The molecule has 8 heteroatoms. The van der Waals surface area contributed by atoms with Crippen LogP contribution in [-0.2, 0) is 14.4 Å². The summed E-state index contributed by atoms with van der Waals surface area (Å²) in [6, 6.07) is -0.712. The van der Waals surface area contributed by atoms with E-state index in [1.807, 2.05) is 13.8 Å². The summed E-state index contributed by atoms with van der Waals surface area (Å²) in [4.78, 5) is 34.9. The Bertz CT molecular complexity index is 459. The lowest BCUT2D eigenvalue weighted by Gasteiger charge is -2.37. The number of amides is 2. The second-order valence-corrected chi connectivity index (χ2v) is 5.06. The molecule has 21 heavy (non-hydrogen) atoms. The van der Waals surface area contributed by atoms with Crippen LogP contribution in [0.15, 0.2) is 5.10 Å². The summed E-state index contributed by atoms with van der Waals surface area (Å²) in [6.45, 7) is 5.04. The molecule has 1 aliphatic heterocycles. The van der Waals surface area contributed by atoms with Gasteiger partial charge in [0, 0.05) is 19.3 Å². The van der Waals surface area contributed by atoms with Gasteiger partial charge in [-0.25, -0.2) is 9.80 Å². The van der Waals surface area contributed by atoms with Gasteiger partial charge in [0.05, 0.1) is 6.04 Å². The molecule has 8 nitrogen and oxygen atoms in total. The van der Waals surface area contributed by atoms with Gasteiger partial charge in [0.25, 0.3) is 0 Å². The molecule has 0 fully saturated rings. The third-order valence-electron chi connectivity index (χ3n) is 3.49. The Kier molecular flexibility index (Phi) is 5.83. The number of carboxylic acids is 1. The SMILES string of the molecule is CCC(CC)C(=O)N1N=C(C(=O)O)C[C@@H](N)[C@H]1NC(C)=O. The summed E-state index contributed by atoms with van der Waals surface area (Å²) in [7, 11) is 0. The molecule has 2 amide bonds. The molecule has 0 aliphatic carbocycles. The van der Waals surface area contributed by atoms with E-state index < -0.39 is 18.2 Å². The summed E-state index contributed by atoms with van der Waals surface area (Å²) >= 11 is 0. The number of aliphatic carboxylic acids is 1. The van der Waals surface area contributed by atoms with E-state index in [9.17, 15) is 14.4 Å². The third-order valence-corrected chi connectivity index (χ3v) is 3.49. The van der Waals surface area contributed by atoms with Gasteiger partial charge in [0.2, 0.25) is 11.8 Å². The minimum absolute atomic E-state index is 0.00697. The van der Waals surface area contributed by atoms with Crippen LogP contribution in [0.4, 0.5) is 0 Å². The first-order chi connectivity index (χ1) is 9.81. The molecule has 0 aromatic carbocycles. The predicted octanol–water partition coefficient (Wildman–Crippen LogP) is -0.115. The van der Waals surface area contributed by atoms with Crippen molar-refractivity contribution < 1.29 is 19.5 Å². The summed E-state index contributed by atoms with van der Waals surface area (Å²) < 4.78 is 0. The molecule has 0 spiro atoms. The number of carbonyl (C=O) groups excluding carboxylic acids is 2. The Morgan fingerprint density at radius 3 is 2.43 bits per heavy atom. The van der Waals surface area contributed by atoms with Crippen molar-refractivity contribution in [3.63, 3.8) is 0 Å². The number of nitrogens with one attached hydrogen (secondary N) is 1. The third kappa shape index (κ3) is 4.01. The molecule has 0 aromatic heterocycles. The molecule has 118 valence electrons. The first-order valence-electron chi connectivity index (χ1n) is 6.98. The van der Waals surface area contributed by atoms with Gasteiger partial charge < -0.3 is 16.2 Å². The van der Waals surface area contributed by atoms with Crippen LogP contribution >= 0.6 is 0 Å². The average molecular weight is 298 g/mol. The largest absolute Gasteiger partial charge is 0.477 e. The van der Waals surface area contributed by atoms with E-state index in [1.54, 1.807) is 0 Å². The molecule has 4 N–H and O–H groups in total. The van der Waals surface area contributed by atoms with E-state index in [1.165, 1.54) is 6.92 Å². The van der Waals surface area contributed by atoms with Gasteiger partial charge in [-0.1, -0.05) is 13.8 Å². The number of nitrogens with two attached hydrogens (primary N) is 1. The Morgan fingerprint density at radius 1 is 1.43 bits per heavy atom. The maximum Gasteiger partial charge on any atom is 0.352 e. The van der Waals surface area contributed by atoms with Gasteiger partial charge in [-0.05, 0) is 12.8 Å². The highest BCUT2D eigenvalue weighted by molar-refractivity contribution is 6.36. The number of nitrogens with zero attached hydrogens (tertiary/aromatic N) is 2. The highest BCUT2D eigenvalue weighted by Crippen LogP contribution is 2.20. The van der Waals surface area contributed by atoms with Crippen molar-refractivity contribution in [2.75, 3.05) is 0 Å². The molecule has 0 saturated carbocycles. The number of carbonyl (C=O) groups is 3. The highest BCUT2D eigenvalue weighted by atomic mass is 16.4. The number of hydrazone groups is 1. The molecular weight excluding hydrogens is 276 g/mol. The maximum atomic E-state index is 12.5. The fraction of sp³-hybridized carbons (Fsp3) is 0.692. The van der Waals surface area contributed by atoms with Crippen LogP contribution in [0, 0.1) is 5.92 Å². The number of hydrogen-bond donors (Lipinski definition) is 3. The van der Waals surface area contributed by atoms with Gasteiger partial charge in [-0.2, -0.15) is 5.10 Å². The van der Waals surface area contributed by atoms with Gasteiger partial charge >= 0.3 is 5.97 Å². The molecule has 0 radical (unpaired) electrons. The first kappa shape index (κ1) is 17.1. The second kappa shape index (κ2) is 7.16. The van der Waals surface area contributed by atoms with Gasteiger partial charge in [0.15, 0.2) is 0 Å². The van der Waals surface area contributed by atoms with Crippen molar-refractivity contribution in [2.24, 2.45) is 16.8 Å². The van der Waals surface area contributed by atoms with Crippen molar-refractivity contribution in [1.82, 2.24) is 10.3 Å². The zero-order valence-electron chi connectivity index (χ0n) is 12.5. The lowest BCUT2D eigenvalue weighted by molar-refractivity contribution is -0.141.